The molecule has 48 heavy (non-hydrogen) atoms. The lowest BCUT2D eigenvalue weighted by Gasteiger charge is -2.51. The second kappa shape index (κ2) is 15.2. The van der Waals surface area contributed by atoms with Crippen molar-refractivity contribution in [3.8, 4) is 0 Å². The number of thiocarbonyl (C=S) groups is 1. The van der Waals surface area contributed by atoms with E-state index in [0.29, 0.717) is 0 Å². The molecule has 2 aliphatic heterocycles. The van der Waals surface area contributed by atoms with Crippen LogP contribution < -0.4 is 0 Å². The van der Waals surface area contributed by atoms with Crippen LogP contribution in [-0.4, -0.2) is 140 Å². The lowest BCUT2D eigenvalue weighted by atomic mass is 9.74. The molecule has 264 valence electrons. The van der Waals surface area contributed by atoms with Gasteiger partial charge < -0.3 is 54.0 Å². The van der Waals surface area contributed by atoms with Crippen molar-refractivity contribution in [3.63, 3.8) is 0 Å². The minimum absolute atomic E-state index is 0.357. The largest absolute Gasteiger partial charge is 0.508 e. The molecule has 1 aliphatic carbocycles. The summed E-state index contributed by atoms with van der Waals surface area (Å²) in [5.41, 5.74) is -7.89. The number of ketones is 2. The summed E-state index contributed by atoms with van der Waals surface area (Å²) < 4.78 is 33.6. The molecule has 3 aliphatic rings. The Kier molecular flexibility index (Phi) is 12.2. The third kappa shape index (κ3) is 7.29. The molecule has 2 heterocycles. The van der Waals surface area contributed by atoms with E-state index in [9.17, 15) is 49.5 Å². The first kappa shape index (κ1) is 38.7. The molecule has 2 saturated heterocycles. The zero-order chi connectivity index (χ0) is 36.3. The molecule has 0 aromatic rings. The lowest BCUT2D eigenvalue weighted by molar-refractivity contribution is -0.333. The summed E-state index contributed by atoms with van der Waals surface area (Å²) in [5, 5.41) is 64.8. The van der Waals surface area contributed by atoms with Crippen LogP contribution in [0.3, 0.4) is 0 Å². The third-order valence-corrected chi connectivity index (χ3v) is 8.41. The summed E-state index contributed by atoms with van der Waals surface area (Å²) in [6.07, 6.45) is -13.9. The van der Waals surface area contributed by atoms with Crippen LogP contribution in [0.4, 0.5) is 0 Å². The zero-order valence-corrected chi connectivity index (χ0v) is 27.2. The number of allylic oxidation sites excluding steroid dienone is 1. The van der Waals surface area contributed by atoms with E-state index in [4.69, 9.17) is 33.8 Å². The van der Waals surface area contributed by atoms with Crippen LogP contribution in [0.15, 0.2) is 28.1 Å². The number of aliphatic hydroxyl groups excluding tert-OH is 2. The van der Waals surface area contributed by atoms with Crippen molar-refractivity contribution in [1.29, 1.82) is 5.41 Å². The summed E-state index contributed by atoms with van der Waals surface area (Å²) in [7, 11) is 1.21. The number of nitrogens with zero attached hydrogens (tertiary/aromatic N) is 1. The molecule has 0 aromatic carbocycles. The van der Waals surface area contributed by atoms with E-state index in [1.165, 1.54) is 27.0 Å². The van der Waals surface area contributed by atoms with Gasteiger partial charge in [0, 0.05) is 20.5 Å². The molecule has 3 rings (SSSR count). The first-order valence-corrected chi connectivity index (χ1v) is 14.8. The van der Waals surface area contributed by atoms with Crippen molar-refractivity contribution < 1.29 is 77.9 Å². The van der Waals surface area contributed by atoms with E-state index < -0.39 is 120 Å². The van der Waals surface area contributed by atoms with E-state index in [1.807, 2.05) is 5.16 Å². The third-order valence-electron chi connectivity index (χ3n) is 8.32. The molecule has 0 unspecified atom stereocenters. The quantitative estimate of drug-likeness (QED) is 0.0657. The molecule has 0 radical (unpaired) electrons. The fourth-order valence-corrected chi connectivity index (χ4v) is 5.90. The number of aliphatic carboxylic acids is 1. The number of carbonyl (C=O) groups is 5. The van der Waals surface area contributed by atoms with E-state index in [0.717, 1.165) is 13.8 Å². The Hall–Kier alpha value is -3.78. The van der Waals surface area contributed by atoms with Crippen LogP contribution in [-0.2, 0) is 52.4 Å². The van der Waals surface area contributed by atoms with E-state index >= 15 is 0 Å². The minimum Gasteiger partial charge on any atom is -0.508 e. The maximum absolute atomic E-state index is 13.1. The van der Waals surface area contributed by atoms with Gasteiger partial charge >= 0.3 is 17.9 Å². The van der Waals surface area contributed by atoms with Crippen molar-refractivity contribution in [2.24, 2.45) is 4.99 Å². The molecule has 0 spiro atoms. The van der Waals surface area contributed by atoms with Crippen molar-refractivity contribution in [2.75, 3.05) is 13.7 Å². The molecule has 6 N–H and O–H groups in total. The fourth-order valence-electron chi connectivity index (χ4n) is 5.80. The number of aliphatic imine (C=N–C) groups is 1. The summed E-state index contributed by atoms with van der Waals surface area (Å²) in [6, 6.07) is 0. The smallest absolute Gasteiger partial charge is 0.357 e. The van der Waals surface area contributed by atoms with Crippen LogP contribution in [0, 0.1) is 5.41 Å². The number of ether oxygens (including phenoxy) is 6. The number of carboxylic acids is 1. The number of hydrogen-bond acceptors (Lipinski definition) is 18. The highest BCUT2D eigenvalue weighted by atomic mass is 32.1. The highest BCUT2D eigenvalue weighted by Gasteiger charge is 2.61. The first-order chi connectivity index (χ1) is 22.4. The van der Waals surface area contributed by atoms with Crippen LogP contribution in [0.25, 0.3) is 0 Å². The Morgan fingerprint density at radius 2 is 1.83 bits per heavy atom. The van der Waals surface area contributed by atoms with Gasteiger partial charge in [0.05, 0.1) is 17.7 Å². The first-order valence-electron chi connectivity index (χ1n) is 14.4. The maximum Gasteiger partial charge on any atom is 0.357 e. The number of carboxylic acid groups (broad SMARTS) is 1. The number of rotatable bonds is 11. The number of isothiocyanates is 1. The van der Waals surface area contributed by atoms with Gasteiger partial charge in [0.15, 0.2) is 40.9 Å². The molecule has 0 saturated carbocycles. The number of esters is 2. The van der Waals surface area contributed by atoms with Gasteiger partial charge in [-0.15, -0.1) is 0 Å². The molecule has 10 atom stereocenters. The number of nitrogens with one attached hydrogen (secondary N) is 1. The number of methoxy groups -OCH3 is 1. The standard InChI is InChI=1S/C29H36N2O16S/c1-6-14(31-10-48)27(39)47-22-16(9-43-13(4)33)45-25(28(40)8-15(34)20(30)19(24(28)36)26(37)38)21(35)23(22)46-18-7-17(42-5)29(41,11(2)32)12(3)44-18/h6,12,16-18,21-23,25,30,35-36,40-41H,7-9H2,1-5H3,(H,37,38)/b14-6-,30-20?/t12-,16+,17-,18-,21+,22+,23-,25+,28+,29+/m0/s1. The summed E-state index contributed by atoms with van der Waals surface area (Å²) in [4.78, 5) is 65.5. The van der Waals surface area contributed by atoms with E-state index in [1.54, 1.807) is 0 Å². The van der Waals surface area contributed by atoms with Crippen LogP contribution >= 0.6 is 12.2 Å². The van der Waals surface area contributed by atoms with Gasteiger partial charge in [-0.05, 0) is 33.0 Å². The lowest BCUT2D eigenvalue weighted by Crippen LogP contribution is -2.69. The fraction of sp³-hybridized carbons (Fsp3) is 0.621. The Labute approximate surface area is 278 Å². The second-order valence-electron chi connectivity index (χ2n) is 11.2. The van der Waals surface area contributed by atoms with Crippen LogP contribution in [0.2, 0.25) is 0 Å². The molecule has 18 nitrogen and oxygen atoms in total. The molecule has 19 heteroatoms. The Balaban J connectivity index is 2.18. The molecular weight excluding hydrogens is 664 g/mol. The molecular formula is C29H36N2O16S. The molecule has 0 bridgehead atoms. The summed E-state index contributed by atoms with van der Waals surface area (Å²) in [5.74, 6) is -7.29. The van der Waals surface area contributed by atoms with Crippen molar-refractivity contribution >= 4 is 52.6 Å². The molecule has 0 amide bonds. The molecule has 2 fully saturated rings. The average Bonchev–Trinajstić information content (AvgIpc) is 3.01. The Morgan fingerprint density at radius 1 is 1.19 bits per heavy atom. The Morgan fingerprint density at radius 3 is 2.35 bits per heavy atom. The van der Waals surface area contributed by atoms with E-state index in [-0.39, 0.29) is 12.1 Å². The topological polar surface area (TPSA) is 278 Å². The van der Waals surface area contributed by atoms with Crippen LogP contribution in [0.1, 0.15) is 40.5 Å². The van der Waals surface area contributed by atoms with Crippen molar-refractivity contribution in [2.45, 2.75) is 101 Å². The monoisotopic (exact) mass is 700 g/mol. The van der Waals surface area contributed by atoms with Gasteiger partial charge in [-0.1, -0.05) is 6.08 Å². The molecule has 0 aromatic heterocycles. The van der Waals surface area contributed by atoms with Crippen molar-refractivity contribution in [1.82, 2.24) is 0 Å². The average molecular weight is 701 g/mol. The number of aliphatic hydroxyl groups is 4. The van der Waals surface area contributed by atoms with Gasteiger partial charge in [0.25, 0.3) is 0 Å². The number of carbonyl (C=O) groups excluding carboxylic acids is 4. The zero-order valence-electron chi connectivity index (χ0n) is 26.4. The Bertz CT molecular complexity index is 1470. The maximum atomic E-state index is 13.1. The highest BCUT2D eigenvalue weighted by Crippen LogP contribution is 2.42. The van der Waals surface area contributed by atoms with Gasteiger partial charge in [-0.2, -0.15) is 4.99 Å². The summed E-state index contributed by atoms with van der Waals surface area (Å²) in [6.45, 7) is 4.16. The number of hydrogen-bond donors (Lipinski definition) is 6. The minimum atomic E-state index is -3.01. The van der Waals surface area contributed by atoms with Crippen molar-refractivity contribution in [3.05, 3.63) is 23.1 Å². The van der Waals surface area contributed by atoms with Gasteiger partial charge in [0.1, 0.15) is 54.2 Å². The predicted octanol–water partition coefficient (Wildman–Crippen LogP) is -0.928. The normalized spacial score (nSPS) is 35.8. The SMILES string of the molecule is C/C=C(\N=C=S)C(=O)O[C@H]1[C@@H](O[C@H]2C[C@H](OC)[C@@](O)(C(C)=O)[C@H](C)O2)[C@@H](O)[C@H]([C@@]2(O)CC(=O)C(=N)C(C(=O)O)=C2O)O[C@@H]1COC(C)=O. The highest BCUT2D eigenvalue weighted by molar-refractivity contribution is 7.78. The van der Waals surface area contributed by atoms with Gasteiger partial charge in [-0.25, -0.2) is 9.59 Å². The number of Topliss-reactive ketones (excluding diaryl/α,β-unsaturated/α-hetero) is 2. The predicted molar refractivity (Wildman–Crippen MR) is 160 cm³/mol. The van der Waals surface area contributed by atoms with Gasteiger partial charge in [0.2, 0.25) is 0 Å². The summed E-state index contributed by atoms with van der Waals surface area (Å²) >= 11 is 4.56. The van der Waals surface area contributed by atoms with Crippen LogP contribution in [0.5, 0.6) is 0 Å². The second-order valence-corrected chi connectivity index (χ2v) is 11.4. The van der Waals surface area contributed by atoms with Gasteiger partial charge in [-0.3, -0.25) is 19.8 Å². The van der Waals surface area contributed by atoms with E-state index in [2.05, 4.69) is 17.2 Å².